The number of nitrogens with one attached hydrogen (secondary N) is 2. The van der Waals surface area contributed by atoms with Crippen molar-refractivity contribution in [3.8, 4) is 0 Å². The molecule has 0 fully saturated rings. The number of nitrogens with two attached hydrogens (primary N) is 1. The van der Waals surface area contributed by atoms with E-state index in [0.29, 0.717) is 56.5 Å². The first-order chi connectivity index (χ1) is 18.7. The van der Waals surface area contributed by atoms with E-state index in [4.69, 9.17) is 38.4 Å². The summed E-state index contributed by atoms with van der Waals surface area (Å²) in [5.41, 5.74) is 10.0. The molecule has 3 aromatic carbocycles. The van der Waals surface area contributed by atoms with Crippen molar-refractivity contribution in [3.05, 3.63) is 85.8 Å². The van der Waals surface area contributed by atoms with Crippen molar-refractivity contribution in [2.45, 2.75) is 45.7 Å². The number of carbonyl (C=O) groups is 2. The minimum atomic E-state index is -0.429. The SMILES string of the molecule is CC(C)NCc1cc(C(=O)OCCCCOC(=O)Cc2ccccc2Nc2c(Cl)cccc2Cl)cc(Br)c1N. The van der Waals surface area contributed by atoms with E-state index in [-0.39, 0.29) is 31.6 Å². The van der Waals surface area contributed by atoms with Crippen LogP contribution >= 0.6 is 39.1 Å². The first-order valence-corrected chi connectivity index (χ1v) is 14.1. The van der Waals surface area contributed by atoms with Crippen LogP contribution in [-0.4, -0.2) is 31.2 Å². The molecule has 7 nitrogen and oxygen atoms in total. The van der Waals surface area contributed by atoms with Crippen molar-refractivity contribution >= 4 is 68.1 Å². The smallest absolute Gasteiger partial charge is 0.338 e. The van der Waals surface area contributed by atoms with Crippen molar-refractivity contribution in [1.82, 2.24) is 5.32 Å². The van der Waals surface area contributed by atoms with Gasteiger partial charge in [-0.1, -0.05) is 61.3 Å². The molecule has 0 bridgehead atoms. The first kappa shape index (κ1) is 30.8. The van der Waals surface area contributed by atoms with Gasteiger partial charge >= 0.3 is 11.9 Å². The maximum Gasteiger partial charge on any atom is 0.338 e. The number of halogens is 3. The lowest BCUT2D eigenvalue weighted by atomic mass is 10.1. The highest BCUT2D eigenvalue weighted by Gasteiger charge is 2.14. The lowest BCUT2D eigenvalue weighted by Gasteiger charge is -2.14. The first-order valence-electron chi connectivity index (χ1n) is 12.6. The van der Waals surface area contributed by atoms with Crippen LogP contribution in [0.1, 0.15) is 48.2 Å². The van der Waals surface area contributed by atoms with Gasteiger partial charge < -0.3 is 25.8 Å². The molecule has 4 N–H and O–H groups in total. The topological polar surface area (TPSA) is 103 Å². The molecule has 0 aliphatic heterocycles. The molecule has 39 heavy (non-hydrogen) atoms. The zero-order valence-electron chi connectivity index (χ0n) is 21.9. The molecule has 3 aromatic rings. The van der Waals surface area contributed by atoms with Gasteiger partial charge in [0.15, 0.2) is 0 Å². The lowest BCUT2D eigenvalue weighted by Crippen LogP contribution is -2.22. The van der Waals surface area contributed by atoms with Crippen LogP contribution in [0.2, 0.25) is 10.0 Å². The zero-order valence-corrected chi connectivity index (χ0v) is 25.0. The van der Waals surface area contributed by atoms with E-state index >= 15 is 0 Å². The van der Waals surface area contributed by atoms with Gasteiger partial charge in [-0.15, -0.1) is 0 Å². The van der Waals surface area contributed by atoms with Gasteiger partial charge in [0.25, 0.3) is 0 Å². The number of anilines is 3. The van der Waals surface area contributed by atoms with Gasteiger partial charge in [-0.25, -0.2) is 4.79 Å². The van der Waals surface area contributed by atoms with E-state index in [1.807, 2.05) is 38.1 Å². The summed E-state index contributed by atoms with van der Waals surface area (Å²) in [5, 5.41) is 7.47. The molecule has 0 saturated heterocycles. The van der Waals surface area contributed by atoms with Crippen LogP contribution < -0.4 is 16.4 Å². The van der Waals surface area contributed by atoms with E-state index in [1.54, 1.807) is 30.3 Å². The largest absolute Gasteiger partial charge is 0.465 e. The molecular weight excluding hydrogens is 605 g/mol. The minimum Gasteiger partial charge on any atom is -0.465 e. The van der Waals surface area contributed by atoms with Crippen molar-refractivity contribution in [1.29, 1.82) is 0 Å². The van der Waals surface area contributed by atoms with Crippen molar-refractivity contribution in [3.63, 3.8) is 0 Å². The lowest BCUT2D eigenvalue weighted by molar-refractivity contribution is -0.143. The summed E-state index contributed by atoms with van der Waals surface area (Å²) >= 11 is 15.9. The Bertz CT molecular complexity index is 1280. The fourth-order valence-electron chi connectivity index (χ4n) is 3.65. The highest BCUT2D eigenvalue weighted by atomic mass is 79.9. The Balaban J connectivity index is 1.43. The van der Waals surface area contributed by atoms with E-state index in [9.17, 15) is 9.59 Å². The van der Waals surface area contributed by atoms with Gasteiger partial charge in [0.1, 0.15) is 0 Å². The molecular formula is C29H32BrCl2N3O4. The van der Waals surface area contributed by atoms with Gasteiger partial charge in [0, 0.05) is 22.7 Å². The normalized spacial score (nSPS) is 10.9. The third-order valence-corrected chi connectivity index (χ3v) is 7.05. The summed E-state index contributed by atoms with van der Waals surface area (Å²) in [6, 6.07) is 16.3. The summed E-state index contributed by atoms with van der Waals surface area (Å²) in [5.74, 6) is -0.790. The summed E-state index contributed by atoms with van der Waals surface area (Å²) in [6.45, 7) is 5.05. The summed E-state index contributed by atoms with van der Waals surface area (Å²) in [4.78, 5) is 25.0. The molecule has 0 radical (unpaired) electrons. The molecule has 0 atom stereocenters. The molecule has 0 aromatic heterocycles. The average molecular weight is 637 g/mol. The highest BCUT2D eigenvalue weighted by Crippen LogP contribution is 2.33. The number of hydrogen-bond acceptors (Lipinski definition) is 7. The number of hydrogen-bond donors (Lipinski definition) is 3. The fourth-order valence-corrected chi connectivity index (χ4v) is 4.64. The van der Waals surface area contributed by atoms with Crippen molar-refractivity contribution in [2.24, 2.45) is 0 Å². The van der Waals surface area contributed by atoms with Gasteiger partial charge in [0.05, 0.1) is 46.6 Å². The maximum atomic E-state index is 12.5. The standard InChI is InChI=1S/C29H32BrCl2N3O4/c1-18(2)34-17-21-14-20(15-22(30)27(21)33)29(37)39-13-6-5-12-38-26(36)16-19-8-3-4-11-25(19)35-28-23(31)9-7-10-24(28)32/h3-4,7-11,14-15,18,34-35H,5-6,12-13,16-17,33H2,1-2H3. The molecule has 10 heteroatoms. The molecule has 0 heterocycles. The minimum absolute atomic E-state index is 0.0836. The monoisotopic (exact) mass is 635 g/mol. The van der Waals surface area contributed by atoms with Crippen LogP contribution in [0.4, 0.5) is 17.1 Å². The second kappa shape index (κ2) is 15.1. The summed E-state index contributed by atoms with van der Waals surface area (Å²) in [6.07, 6.45) is 1.20. The van der Waals surface area contributed by atoms with Crippen LogP contribution in [0.15, 0.2) is 59.1 Å². The van der Waals surface area contributed by atoms with Crippen molar-refractivity contribution < 1.29 is 19.1 Å². The predicted molar refractivity (Wildman–Crippen MR) is 161 cm³/mol. The zero-order chi connectivity index (χ0) is 28.4. The summed E-state index contributed by atoms with van der Waals surface area (Å²) < 4.78 is 11.5. The van der Waals surface area contributed by atoms with Crippen LogP contribution in [0.25, 0.3) is 0 Å². The number of nitrogen functional groups attached to an aromatic ring is 1. The highest BCUT2D eigenvalue weighted by molar-refractivity contribution is 9.10. The number of para-hydroxylation sites is 2. The van der Waals surface area contributed by atoms with Crippen LogP contribution in [0.5, 0.6) is 0 Å². The van der Waals surface area contributed by atoms with E-state index < -0.39 is 5.97 Å². The molecule has 0 unspecified atom stereocenters. The number of unbranched alkanes of at least 4 members (excludes halogenated alkanes) is 1. The molecule has 0 saturated carbocycles. The number of esters is 2. The maximum absolute atomic E-state index is 12.5. The molecule has 0 aliphatic rings. The van der Waals surface area contributed by atoms with E-state index in [0.717, 1.165) is 11.1 Å². The Morgan fingerprint density at radius 3 is 2.31 bits per heavy atom. The fraction of sp³-hybridized carbons (Fsp3) is 0.310. The van der Waals surface area contributed by atoms with Crippen LogP contribution in [-0.2, 0) is 27.2 Å². The Hall–Kier alpha value is -2.78. The second-order valence-corrected chi connectivity index (χ2v) is 10.9. The molecule has 3 rings (SSSR count). The van der Waals surface area contributed by atoms with Gasteiger partial charge in [0.2, 0.25) is 0 Å². The average Bonchev–Trinajstić information content (AvgIpc) is 2.89. The van der Waals surface area contributed by atoms with Gasteiger partial charge in [-0.2, -0.15) is 0 Å². The van der Waals surface area contributed by atoms with Crippen LogP contribution in [0.3, 0.4) is 0 Å². The molecule has 208 valence electrons. The third-order valence-electron chi connectivity index (χ3n) is 5.76. The van der Waals surface area contributed by atoms with Crippen LogP contribution in [0, 0.1) is 0 Å². The number of ether oxygens (including phenoxy) is 2. The quantitative estimate of drug-likeness (QED) is 0.103. The van der Waals surface area contributed by atoms with Crippen molar-refractivity contribution in [2.75, 3.05) is 24.3 Å². The Morgan fingerprint density at radius 1 is 0.949 bits per heavy atom. The predicted octanol–water partition coefficient (Wildman–Crippen LogP) is 7.30. The number of rotatable bonds is 13. The number of benzene rings is 3. The van der Waals surface area contributed by atoms with E-state index in [1.165, 1.54) is 0 Å². The molecule has 0 aliphatic carbocycles. The second-order valence-electron chi connectivity index (χ2n) is 9.19. The van der Waals surface area contributed by atoms with E-state index in [2.05, 4.69) is 26.6 Å². The molecule has 0 spiro atoms. The van der Waals surface area contributed by atoms with Gasteiger partial charge in [-0.3, -0.25) is 4.79 Å². The molecule has 0 amide bonds. The Labute approximate surface area is 247 Å². The number of carbonyl (C=O) groups excluding carboxylic acids is 2. The Kier molecular flexibility index (Phi) is 11.9. The van der Waals surface area contributed by atoms with Gasteiger partial charge in [-0.05, 0) is 70.2 Å². The third kappa shape index (κ3) is 9.42. The summed E-state index contributed by atoms with van der Waals surface area (Å²) in [7, 11) is 0. The Morgan fingerprint density at radius 2 is 1.62 bits per heavy atom.